The molecule has 0 saturated heterocycles. The monoisotopic (exact) mass is 234 g/mol. The summed E-state index contributed by atoms with van der Waals surface area (Å²) in [5.74, 6) is 1.52. The molecule has 0 atom stereocenters. The second-order valence-electron chi connectivity index (χ2n) is 5.53. The van der Waals surface area contributed by atoms with Crippen LogP contribution in [0.4, 0.5) is 0 Å². The van der Waals surface area contributed by atoms with E-state index in [1.165, 1.54) is 25.5 Å². The smallest absolute Gasteiger partial charge is 0.259 e. The van der Waals surface area contributed by atoms with Crippen LogP contribution in [0.15, 0.2) is 10.7 Å². The largest absolute Gasteiger partial charge is 0.361 e. The Kier molecular flexibility index (Phi) is 2.28. The highest BCUT2D eigenvalue weighted by Crippen LogP contribution is 2.50. The first-order chi connectivity index (χ1) is 8.12. The Labute approximate surface area is 101 Å². The molecule has 92 valence electrons. The van der Waals surface area contributed by atoms with E-state index in [1.54, 1.807) is 6.92 Å². The van der Waals surface area contributed by atoms with Crippen LogP contribution in [-0.4, -0.2) is 28.6 Å². The summed E-state index contributed by atoms with van der Waals surface area (Å²) in [6.07, 6.45) is 7.58. The van der Waals surface area contributed by atoms with Gasteiger partial charge in [0.25, 0.3) is 5.91 Å². The normalized spacial score (nSPS) is 30.8. The van der Waals surface area contributed by atoms with Crippen LogP contribution < -0.4 is 0 Å². The predicted octanol–water partition coefficient (Wildman–Crippen LogP) is 2.39. The van der Waals surface area contributed by atoms with Gasteiger partial charge in [-0.15, -0.1) is 0 Å². The molecule has 0 spiro atoms. The average molecular weight is 234 g/mol. The molecule has 2 aliphatic carbocycles. The van der Waals surface area contributed by atoms with Gasteiger partial charge in [-0.25, -0.2) is 0 Å². The minimum Gasteiger partial charge on any atom is -0.361 e. The van der Waals surface area contributed by atoms with E-state index in [2.05, 4.69) is 5.16 Å². The van der Waals surface area contributed by atoms with Crippen molar-refractivity contribution < 1.29 is 9.32 Å². The molecule has 2 fully saturated rings. The van der Waals surface area contributed by atoms with Crippen molar-refractivity contribution in [2.75, 3.05) is 7.05 Å². The van der Waals surface area contributed by atoms with Crippen molar-refractivity contribution in [1.29, 1.82) is 0 Å². The zero-order valence-corrected chi connectivity index (χ0v) is 10.4. The molecule has 4 heteroatoms. The van der Waals surface area contributed by atoms with Crippen molar-refractivity contribution in [2.24, 2.45) is 5.92 Å². The quantitative estimate of drug-likeness (QED) is 0.789. The highest BCUT2D eigenvalue weighted by molar-refractivity contribution is 5.95. The molecule has 2 saturated carbocycles. The van der Waals surface area contributed by atoms with Gasteiger partial charge in [-0.1, -0.05) is 5.16 Å². The lowest BCUT2D eigenvalue weighted by Crippen LogP contribution is -2.46. The number of fused-ring (bicyclic) bond motifs is 2. The minimum absolute atomic E-state index is 0.0614. The summed E-state index contributed by atoms with van der Waals surface area (Å²) in [4.78, 5) is 14.4. The molecule has 1 aromatic rings. The third-order valence-electron chi connectivity index (χ3n) is 4.70. The third-order valence-corrected chi connectivity index (χ3v) is 4.70. The van der Waals surface area contributed by atoms with Crippen LogP contribution >= 0.6 is 0 Å². The van der Waals surface area contributed by atoms with Crippen LogP contribution in [0.1, 0.15) is 48.2 Å². The van der Waals surface area contributed by atoms with Crippen LogP contribution in [0.5, 0.6) is 0 Å². The van der Waals surface area contributed by atoms with Gasteiger partial charge in [0, 0.05) is 12.6 Å². The number of aryl methyl sites for hydroxylation is 1. The van der Waals surface area contributed by atoms with Gasteiger partial charge in [-0.2, -0.15) is 0 Å². The van der Waals surface area contributed by atoms with Crippen molar-refractivity contribution in [3.8, 4) is 0 Å². The standard InChI is InChI=1S/C13H18N2O2/c1-9-11(8-14-17-9)12(16)15(2)13-5-3-10(7-13)4-6-13/h8,10H,3-7H2,1-2H3. The number of rotatable bonds is 2. The summed E-state index contributed by atoms with van der Waals surface area (Å²) in [5, 5.41) is 3.69. The Hall–Kier alpha value is -1.32. The van der Waals surface area contributed by atoms with E-state index in [4.69, 9.17) is 4.52 Å². The first-order valence-electron chi connectivity index (χ1n) is 6.32. The molecule has 4 nitrogen and oxygen atoms in total. The maximum absolute atomic E-state index is 12.4. The topological polar surface area (TPSA) is 46.3 Å². The highest BCUT2D eigenvalue weighted by Gasteiger charge is 2.49. The fourth-order valence-corrected chi connectivity index (χ4v) is 3.53. The lowest BCUT2D eigenvalue weighted by atomic mass is 9.91. The zero-order chi connectivity index (χ0) is 12.0. The van der Waals surface area contributed by atoms with Crippen molar-refractivity contribution in [3.63, 3.8) is 0 Å². The van der Waals surface area contributed by atoms with Crippen LogP contribution in [0.2, 0.25) is 0 Å². The molecular formula is C13H18N2O2. The van der Waals surface area contributed by atoms with Gasteiger partial charge in [0.2, 0.25) is 0 Å². The van der Waals surface area contributed by atoms with Crippen molar-refractivity contribution in [2.45, 2.75) is 44.6 Å². The molecule has 1 amide bonds. The molecule has 17 heavy (non-hydrogen) atoms. The maximum atomic E-state index is 12.4. The van der Waals surface area contributed by atoms with E-state index in [1.807, 2.05) is 11.9 Å². The number of hydrogen-bond donors (Lipinski definition) is 0. The van der Waals surface area contributed by atoms with Crippen molar-refractivity contribution >= 4 is 5.91 Å². The van der Waals surface area contributed by atoms with E-state index in [9.17, 15) is 4.79 Å². The van der Waals surface area contributed by atoms with Crippen LogP contribution in [0.3, 0.4) is 0 Å². The fourth-order valence-electron chi connectivity index (χ4n) is 3.53. The van der Waals surface area contributed by atoms with E-state index in [0.29, 0.717) is 11.3 Å². The molecule has 2 bridgehead atoms. The molecule has 3 rings (SSSR count). The minimum atomic E-state index is 0.0614. The SMILES string of the molecule is Cc1oncc1C(=O)N(C)C12CCC(CC1)C2. The Morgan fingerprint density at radius 2 is 2.24 bits per heavy atom. The highest BCUT2D eigenvalue weighted by atomic mass is 16.5. The van der Waals surface area contributed by atoms with Gasteiger partial charge >= 0.3 is 0 Å². The van der Waals surface area contributed by atoms with E-state index >= 15 is 0 Å². The van der Waals surface area contributed by atoms with E-state index in [0.717, 1.165) is 18.8 Å². The molecule has 1 aromatic heterocycles. The predicted molar refractivity (Wildman–Crippen MR) is 62.6 cm³/mol. The Morgan fingerprint density at radius 1 is 1.53 bits per heavy atom. The van der Waals surface area contributed by atoms with Gasteiger partial charge < -0.3 is 9.42 Å². The van der Waals surface area contributed by atoms with Gasteiger partial charge in [0.15, 0.2) is 0 Å². The van der Waals surface area contributed by atoms with Crippen LogP contribution in [-0.2, 0) is 0 Å². The summed E-state index contributed by atoms with van der Waals surface area (Å²) < 4.78 is 4.98. The average Bonchev–Trinajstić information content (AvgIpc) is 3.02. The maximum Gasteiger partial charge on any atom is 0.259 e. The molecular weight excluding hydrogens is 216 g/mol. The van der Waals surface area contributed by atoms with Crippen LogP contribution in [0, 0.1) is 12.8 Å². The molecule has 2 aliphatic rings. The van der Waals surface area contributed by atoms with Crippen molar-refractivity contribution in [3.05, 3.63) is 17.5 Å². The Morgan fingerprint density at radius 3 is 2.71 bits per heavy atom. The summed E-state index contributed by atoms with van der Waals surface area (Å²) in [5.41, 5.74) is 0.725. The molecule has 0 N–H and O–H groups in total. The first kappa shape index (κ1) is 10.8. The Bertz CT molecular complexity index is 444. The van der Waals surface area contributed by atoms with Gasteiger partial charge in [0.1, 0.15) is 11.3 Å². The van der Waals surface area contributed by atoms with Crippen LogP contribution in [0.25, 0.3) is 0 Å². The van der Waals surface area contributed by atoms with Gasteiger partial charge in [-0.3, -0.25) is 4.79 Å². The molecule has 0 radical (unpaired) electrons. The molecule has 0 aliphatic heterocycles. The van der Waals surface area contributed by atoms with Gasteiger partial charge in [0.05, 0.1) is 6.20 Å². The Balaban J connectivity index is 1.85. The fraction of sp³-hybridized carbons (Fsp3) is 0.692. The number of aromatic nitrogens is 1. The summed E-state index contributed by atoms with van der Waals surface area (Å²) in [7, 11) is 1.93. The number of carbonyl (C=O) groups excluding carboxylic acids is 1. The molecule has 0 aromatic carbocycles. The first-order valence-corrected chi connectivity index (χ1v) is 6.32. The lowest BCUT2D eigenvalue weighted by Gasteiger charge is -2.37. The number of nitrogens with zero attached hydrogens (tertiary/aromatic N) is 2. The number of hydrogen-bond acceptors (Lipinski definition) is 3. The van der Waals surface area contributed by atoms with Crippen molar-refractivity contribution in [1.82, 2.24) is 10.1 Å². The summed E-state index contributed by atoms with van der Waals surface area (Å²) >= 11 is 0. The lowest BCUT2D eigenvalue weighted by molar-refractivity contribution is 0.0574. The second kappa shape index (κ2) is 3.59. The van der Waals surface area contributed by atoms with Gasteiger partial charge in [-0.05, 0) is 44.9 Å². The molecule has 1 heterocycles. The summed E-state index contributed by atoms with van der Waals surface area (Å²) in [6, 6.07) is 0. The number of amides is 1. The zero-order valence-electron chi connectivity index (χ0n) is 10.4. The third kappa shape index (κ3) is 1.50. The van der Waals surface area contributed by atoms with E-state index < -0.39 is 0 Å². The molecule has 0 unspecified atom stereocenters. The summed E-state index contributed by atoms with van der Waals surface area (Å²) in [6.45, 7) is 1.79. The van der Waals surface area contributed by atoms with E-state index in [-0.39, 0.29) is 11.4 Å². The number of carbonyl (C=O) groups is 1. The second-order valence-corrected chi connectivity index (χ2v) is 5.53.